The maximum atomic E-state index is 11.1. The molecule has 0 aliphatic heterocycles. The number of hydrogen-bond donors (Lipinski definition) is 0. The van der Waals surface area contributed by atoms with Crippen LogP contribution < -0.4 is 9.47 Å². The highest BCUT2D eigenvalue weighted by atomic mass is 17.2. The number of carbonyl (C=O) groups excluding carboxylic acids is 1. The molecule has 4 aliphatic rings. The fraction of sp³-hybridized carbons (Fsp3) is 0.271. The molecule has 0 radical (unpaired) electrons. The summed E-state index contributed by atoms with van der Waals surface area (Å²) < 4.78 is 17.0. The van der Waals surface area contributed by atoms with Gasteiger partial charge in [0, 0.05) is 28.3 Å². The van der Waals surface area contributed by atoms with Crippen LogP contribution in [0.15, 0.2) is 122 Å². The Morgan fingerprint density at radius 2 is 0.852 bits per heavy atom. The van der Waals surface area contributed by atoms with Crippen molar-refractivity contribution >= 4 is 5.97 Å². The Hall–Kier alpha value is -5.79. The molecule has 0 atom stereocenters. The summed E-state index contributed by atoms with van der Waals surface area (Å²) in [6.45, 7) is 9.80. The number of ether oxygens (including phenoxy) is 3. The predicted octanol–water partition coefficient (Wildman–Crippen LogP) is 10.4. The standard InChI is InChI=1S/C48H48O6/c1-3-29-53-54-33-12-8-7-10-31-51-47-36-44-27-23-41(24-28-45(44)37-47)20-18-39-15-13-38(14-16-39)17-19-40-21-25-42-34-46(35-43(42)26-22-40)50-30-9-5-6-11-32-52-48(49)4-2/h3-4,13-16,21-28,34-37H,1-2,5-12,29-33H2. The van der Waals surface area contributed by atoms with Gasteiger partial charge in [-0.3, -0.25) is 0 Å². The third-order valence-corrected chi connectivity index (χ3v) is 8.59. The lowest BCUT2D eigenvalue weighted by atomic mass is 10.1. The van der Waals surface area contributed by atoms with E-state index in [2.05, 4.69) is 97.5 Å². The Kier molecular flexibility index (Phi) is 16.3. The third-order valence-electron chi connectivity index (χ3n) is 8.59. The summed E-state index contributed by atoms with van der Waals surface area (Å²) in [6.07, 6.45) is 10.8. The van der Waals surface area contributed by atoms with Gasteiger partial charge in [0.05, 0.1) is 26.4 Å². The lowest BCUT2D eigenvalue weighted by molar-refractivity contribution is -0.286. The van der Waals surface area contributed by atoms with Gasteiger partial charge in [-0.2, -0.15) is 0 Å². The molecule has 0 heterocycles. The minimum absolute atomic E-state index is 0.366. The van der Waals surface area contributed by atoms with Gasteiger partial charge in [0.25, 0.3) is 0 Å². The second-order valence-corrected chi connectivity index (χ2v) is 12.8. The van der Waals surface area contributed by atoms with Gasteiger partial charge in [0.1, 0.15) is 18.1 Å². The monoisotopic (exact) mass is 720 g/mol. The molecule has 0 unspecified atom stereocenters. The Labute approximate surface area is 320 Å². The summed E-state index contributed by atoms with van der Waals surface area (Å²) in [4.78, 5) is 21.1. The second-order valence-electron chi connectivity index (χ2n) is 12.8. The maximum absolute atomic E-state index is 11.1. The van der Waals surface area contributed by atoms with Crippen molar-refractivity contribution in [2.24, 2.45) is 0 Å². The smallest absolute Gasteiger partial charge is 0.330 e. The normalized spacial score (nSPS) is 10.5. The topological polar surface area (TPSA) is 63.2 Å². The Morgan fingerprint density at radius 3 is 1.24 bits per heavy atom. The van der Waals surface area contributed by atoms with Crippen molar-refractivity contribution < 1.29 is 28.8 Å². The number of benzene rings is 1. The average Bonchev–Trinajstić information content (AvgIpc) is 3.65. The summed E-state index contributed by atoms with van der Waals surface area (Å²) in [6, 6.07) is 32.9. The van der Waals surface area contributed by atoms with Gasteiger partial charge in [0.15, 0.2) is 0 Å². The maximum Gasteiger partial charge on any atom is 0.330 e. The van der Waals surface area contributed by atoms with E-state index in [9.17, 15) is 4.79 Å². The zero-order valence-electron chi connectivity index (χ0n) is 30.9. The van der Waals surface area contributed by atoms with E-state index in [4.69, 9.17) is 24.0 Å². The Bertz CT molecular complexity index is 1940. The van der Waals surface area contributed by atoms with Crippen molar-refractivity contribution in [1.29, 1.82) is 0 Å². The van der Waals surface area contributed by atoms with Crippen LogP contribution >= 0.6 is 0 Å². The molecule has 0 saturated carbocycles. The van der Waals surface area contributed by atoms with E-state index in [1.165, 1.54) is 6.08 Å². The molecule has 0 bridgehead atoms. The minimum atomic E-state index is -0.366. The van der Waals surface area contributed by atoms with E-state index >= 15 is 0 Å². The zero-order valence-corrected chi connectivity index (χ0v) is 30.9. The molecule has 54 heavy (non-hydrogen) atoms. The van der Waals surface area contributed by atoms with E-state index < -0.39 is 0 Å². The van der Waals surface area contributed by atoms with E-state index in [1.807, 2.05) is 36.4 Å². The van der Waals surface area contributed by atoms with Crippen LogP contribution in [0, 0.1) is 23.7 Å². The van der Waals surface area contributed by atoms with Gasteiger partial charge in [-0.25, -0.2) is 14.6 Å². The Morgan fingerprint density at radius 1 is 0.481 bits per heavy atom. The molecule has 0 fully saturated rings. The molecule has 1 aromatic carbocycles. The van der Waals surface area contributed by atoms with Crippen LogP contribution in [-0.2, 0) is 19.3 Å². The van der Waals surface area contributed by atoms with Gasteiger partial charge in [-0.1, -0.05) is 67.0 Å². The summed E-state index contributed by atoms with van der Waals surface area (Å²) >= 11 is 0. The number of carbonyl (C=O) groups is 1. The molecule has 0 spiro atoms. The van der Waals surface area contributed by atoms with E-state index in [0.717, 1.165) is 107 Å². The first kappa shape index (κ1) is 39.4. The molecule has 0 N–H and O–H groups in total. The summed E-state index contributed by atoms with van der Waals surface area (Å²) in [5, 5.41) is 0. The van der Waals surface area contributed by atoms with Crippen LogP contribution in [0.5, 0.6) is 11.5 Å². The highest BCUT2D eigenvalue weighted by Gasteiger charge is 2.08. The van der Waals surface area contributed by atoms with Gasteiger partial charge < -0.3 is 14.2 Å². The molecule has 6 heteroatoms. The first-order chi connectivity index (χ1) is 26.6. The van der Waals surface area contributed by atoms with E-state index in [1.54, 1.807) is 6.08 Å². The molecule has 1 aromatic rings. The number of rotatable bonds is 20. The molecule has 5 rings (SSSR count). The van der Waals surface area contributed by atoms with Crippen LogP contribution in [0.25, 0.3) is 22.3 Å². The van der Waals surface area contributed by atoms with Gasteiger partial charge >= 0.3 is 5.97 Å². The van der Waals surface area contributed by atoms with Crippen LogP contribution in [0.3, 0.4) is 0 Å². The number of unbranched alkanes of at least 4 members (excludes halogenated alkanes) is 6. The van der Waals surface area contributed by atoms with Crippen molar-refractivity contribution in [3.05, 3.63) is 145 Å². The van der Waals surface area contributed by atoms with E-state index in [-0.39, 0.29) is 5.97 Å². The van der Waals surface area contributed by atoms with Crippen molar-refractivity contribution in [2.45, 2.75) is 51.4 Å². The minimum Gasteiger partial charge on any atom is -0.494 e. The zero-order chi connectivity index (χ0) is 37.6. The van der Waals surface area contributed by atoms with Gasteiger partial charge in [-0.05, 0) is 140 Å². The molecule has 0 saturated heterocycles. The highest BCUT2D eigenvalue weighted by molar-refractivity contribution is 5.81. The Balaban J connectivity index is 1.04. The molecule has 4 aliphatic carbocycles. The summed E-state index contributed by atoms with van der Waals surface area (Å²) in [5.74, 6) is 14.6. The first-order valence-electron chi connectivity index (χ1n) is 18.7. The van der Waals surface area contributed by atoms with Crippen LogP contribution in [0.2, 0.25) is 0 Å². The fourth-order valence-electron chi connectivity index (χ4n) is 5.64. The van der Waals surface area contributed by atoms with E-state index in [0.29, 0.717) is 33.0 Å². The second kappa shape index (κ2) is 22.3. The molecule has 276 valence electrons. The number of esters is 1. The summed E-state index contributed by atoms with van der Waals surface area (Å²) in [7, 11) is 0. The average molecular weight is 721 g/mol. The van der Waals surface area contributed by atoms with Crippen molar-refractivity contribution in [3.63, 3.8) is 0 Å². The van der Waals surface area contributed by atoms with Gasteiger partial charge in [0.2, 0.25) is 0 Å². The van der Waals surface area contributed by atoms with Crippen LogP contribution in [0.4, 0.5) is 0 Å². The molecular formula is C48H48O6. The number of fused-ring (bicyclic) bond motifs is 2. The van der Waals surface area contributed by atoms with Crippen LogP contribution in [0.1, 0.15) is 73.6 Å². The van der Waals surface area contributed by atoms with Crippen molar-refractivity contribution in [3.8, 4) is 57.4 Å². The quantitative estimate of drug-likeness (QED) is 0.0152. The molecule has 0 amide bonds. The molecule has 0 aromatic heterocycles. The lowest BCUT2D eigenvalue weighted by Gasteiger charge is -2.04. The highest BCUT2D eigenvalue weighted by Crippen LogP contribution is 2.31. The number of hydrogen-bond acceptors (Lipinski definition) is 6. The van der Waals surface area contributed by atoms with Gasteiger partial charge in [-0.15, -0.1) is 6.58 Å². The predicted molar refractivity (Wildman–Crippen MR) is 216 cm³/mol. The largest absolute Gasteiger partial charge is 0.494 e. The van der Waals surface area contributed by atoms with Crippen molar-refractivity contribution in [1.82, 2.24) is 0 Å². The van der Waals surface area contributed by atoms with Crippen LogP contribution in [-0.4, -0.2) is 39.0 Å². The summed E-state index contributed by atoms with van der Waals surface area (Å²) in [5.41, 5.74) is 8.24. The fourth-order valence-corrected chi connectivity index (χ4v) is 5.64. The van der Waals surface area contributed by atoms with Crippen molar-refractivity contribution in [2.75, 3.05) is 33.0 Å². The SMILES string of the molecule is C=CCOOCCCCCCOc1cc2ccc(C#Cc3ccc(C#Cc4ccc5cc(OCCCCCCOC(=O)C=C)cc-5cc4)cc3)ccc-2c1. The third kappa shape index (κ3) is 13.6. The molecular weight excluding hydrogens is 673 g/mol. The first-order valence-corrected chi connectivity index (χ1v) is 18.7. The molecule has 6 nitrogen and oxygen atoms in total. The lowest BCUT2D eigenvalue weighted by Crippen LogP contribution is -2.02.